The second-order valence-corrected chi connectivity index (χ2v) is 2.04. The third-order valence-corrected chi connectivity index (χ3v) is 0.891. The highest BCUT2D eigenvalue weighted by Gasteiger charge is 1.89. The van der Waals surface area contributed by atoms with Crippen molar-refractivity contribution in [3.8, 4) is 0 Å². The van der Waals surface area contributed by atoms with Gasteiger partial charge in [-0.05, 0) is 13.8 Å². The standard InChI is InChI=1S/C3H8O3S/c1-3(2)6-7(4)5/h3,7H,1-2H3. The Morgan fingerprint density at radius 3 is 1.86 bits per heavy atom. The number of rotatable bonds is 2. The molecule has 0 saturated heterocycles. The fourth-order valence-corrected chi connectivity index (χ4v) is 0.516. The monoisotopic (exact) mass is 124 g/mol. The molecule has 0 unspecified atom stereocenters. The van der Waals surface area contributed by atoms with Gasteiger partial charge in [0.2, 0.25) is 0 Å². The Morgan fingerprint density at radius 2 is 1.86 bits per heavy atom. The van der Waals surface area contributed by atoms with Crippen molar-refractivity contribution in [1.82, 2.24) is 0 Å². The fourth-order valence-electron chi connectivity index (χ4n) is 0.172. The van der Waals surface area contributed by atoms with Crippen molar-refractivity contribution >= 4 is 11.0 Å². The zero-order chi connectivity index (χ0) is 5.86. The van der Waals surface area contributed by atoms with E-state index < -0.39 is 11.0 Å². The van der Waals surface area contributed by atoms with Crippen LogP contribution < -0.4 is 0 Å². The molecule has 0 aliphatic heterocycles. The molecule has 0 aromatic heterocycles. The van der Waals surface area contributed by atoms with Crippen LogP contribution in [0.1, 0.15) is 13.8 Å². The molecule has 4 heteroatoms. The Hall–Kier alpha value is -0.0900. The molecule has 0 amide bonds. The van der Waals surface area contributed by atoms with Crippen LogP contribution >= 0.6 is 0 Å². The molecule has 0 aromatic rings. The fraction of sp³-hybridized carbons (Fsp3) is 1.00. The third kappa shape index (κ3) is 5.91. The zero-order valence-electron chi connectivity index (χ0n) is 4.25. The zero-order valence-corrected chi connectivity index (χ0v) is 5.14. The SMILES string of the molecule is CC(C)O[SH](=O)=O. The molecule has 0 atom stereocenters. The smallest absolute Gasteiger partial charge is 0.257 e. The lowest BCUT2D eigenvalue weighted by molar-refractivity contribution is 0.261. The van der Waals surface area contributed by atoms with Gasteiger partial charge in [0, 0.05) is 0 Å². The molecule has 44 valence electrons. The first-order valence-corrected chi connectivity index (χ1v) is 3.03. The van der Waals surface area contributed by atoms with E-state index in [-0.39, 0.29) is 6.10 Å². The van der Waals surface area contributed by atoms with E-state index >= 15 is 0 Å². The maximum absolute atomic E-state index is 9.62. The van der Waals surface area contributed by atoms with Gasteiger partial charge in [0.15, 0.2) is 0 Å². The lowest BCUT2D eigenvalue weighted by atomic mass is 10.5. The second-order valence-electron chi connectivity index (χ2n) is 1.38. The number of hydrogen-bond donors (Lipinski definition) is 1. The quantitative estimate of drug-likeness (QED) is 0.524. The van der Waals surface area contributed by atoms with E-state index in [9.17, 15) is 8.42 Å². The summed E-state index contributed by atoms with van der Waals surface area (Å²) in [5.41, 5.74) is 0. The molecule has 0 spiro atoms. The van der Waals surface area contributed by atoms with Crippen LogP contribution in [-0.2, 0) is 15.2 Å². The highest BCUT2D eigenvalue weighted by molar-refractivity contribution is 7.67. The van der Waals surface area contributed by atoms with Gasteiger partial charge in [-0.2, -0.15) is 0 Å². The molecular formula is C3H8O3S. The Balaban J connectivity index is 3.32. The van der Waals surface area contributed by atoms with Gasteiger partial charge in [-0.15, -0.1) is 0 Å². The van der Waals surface area contributed by atoms with Gasteiger partial charge in [0.1, 0.15) is 0 Å². The first-order valence-electron chi connectivity index (χ1n) is 1.94. The molecular weight excluding hydrogens is 116 g/mol. The van der Waals surface area contributed by atoms with Gasteiger partial charge in [-0.25, -0.2) is 8.42 Å². The van der Waals surface area contributed by atoms with Gasteiger partial charge in [-0.1, -0.05) is 0 Å². The summed E-state index contributed by atoms with van der Waals surface area (Å²) in [7, 11) is -2.64. The van der Waals surface area contributed by atoms with E-state index in [1.165, 1.54) is 0 Å². The Kier molecular flexibility index (Phi) is 2.95. The molecule has 0 fully saturated rings. The van der Waals surface area contributed by atoms with Gasteiger partial charge in [-0.3, -0.25) is 4.18 Å². The minimum atomic E-state index is -2.64. The predicted molar refractivity (Wildman–Crippen MR) is 26.5 cm³/mol. The molecule has 0 saturated carbocycles. The maximum atomic E-state index is 9.62. The van der Waals surface area contributed by atoms with Crippen molar-refractivity contribution in [2.45, 2.75) is 20.0 Å². The van der Waals surface area contributed by atoms with Crippen LogP contribution in [0.5, 0.6) is 0 Å². The van der Waals surface area contributed by atoms with E-state index in [0.717, 1.165) is 0 Å². The topological polar surface area (TPSA) is 43.4 Å². The van der Waals surface area contributed by atoms with E-state index in [1.807, 2.05) is 0 Å². The van der Waals surface area contributed by atoms with Crippen LogP contribution in [0.4, 0.5) is 0 Å². The molecule has 0 aliphatic carbocycles. The van der Waals surface area contributed by atoms with E-state index in [0.29, 0.717) is 0 Å². The van der Waals surface area contributed by atoms with Crippen LogP contribution in [0.15, 0.2) is 0 Å². The molecule has 0 radical (unpaired) electrons. The summed E-state index contributed by atoms with van der Waals surface area (Å²) in [4.78, 5) is 0. The predicted octanol–water partition coefficient (Wildman–Crippen LogP) is -0.0622. The maximum Gasteiger partial charge on any atom is 0.257 e. The van der Waals surface area contributed by atoms with Gasteiger partial charge < -0.3 is 0 Å². The molecule has 0 rings (SSSR count). The minimum Gasteiger partial charge on any atom is -0.269 e. The summed E-state index contributed by atoms with van der Waals surface area (Å²) in [6.45, 7) is 3.32. The first-order chi connectivity index (χ1) is 3.13. The molecule has 0 N–H and O–H groups in total. The number of hydrogen-bond acceptors (Lipinski definition) is 3. The van der Waals surface area contributed by atoms with Crippen molar-refractivity contribution in [3.63, 3.8) is 0 Å². The van der Waals surface area contributed by atoms with Crippen molar-refractivity contribution in [2.24, 2.45) is 0 Å². The summed E-state index contributed by atoms with van der Waals surface area (Å²) < 4.78 is 23.5. The van der Waals surface area contributed by atoms with Crippen LogP contribution in [0.3, 0.4) is 0 Å². The highest BCUT2D eigenvalue weighted by Crippen LogP contribution is 1.84. The normalized spacial score (nSPS) is 10.9. The van der Waals surface area contributed by atoms with E-state index in [2.05, 4.69) is 4.18 Å². The second kappa shape index (κ2) is 2.98. The molecule has 0 aromatic carbocycles. The van der Waals surface area contributed by atoms with Crippen LogP contribution in [0.25, 0.3) is 0 Å². The molecule has 0 bridgehead atoms. The first kappa shape index (κ1) is 6.91. The van der Waals surface area contributed by atoms with Crippen molar-refractivity contribution in [1.29, 1.82) is 0 Å². The molecule has 3 nitrogen and oxygen atoms in total. The number of thiol groups is 1. The third-order valence-electron chi connectivity index (χ3n) is 0.297. The average Bonchev–Trinajstić information content (AvgIpc) is 1.27. The Labute approximate surface area is 44.4 Å². The summed E-state index contributed by atoms with van der Waals surface area (Å²) in [5, 5.41) is 0. The van der Waals surface area contributed by atoms with Crippen LogP contribution in [-0.4, -0.2) is 14.5 Å². The summed E-state index contributed by atoms with van der Waals surface area (Å²) in [6, 6.07) is 0. The molecule has 0 heterocycles. The van der Waals surface area contributed by atoms with Gasteiger partial charge in [0.25, 0.3) is 11.0 Å². The Bertz CT molecular complexity index is 96.7. The van der Waals surface area contributed by atoms with E-state index in [4.69, 9.17) is 0 Å². The van der Waals surface area contributed by atoms with Crippen LogP contribution in [0, 0.1) is 0 Å². The van der Waals surface area contributed by atoms with Gasteiger partial charge in [0.05, 0.1) is 6.10 Å². The summed E-state index contributed by atoms with van der Waals surface area (Å²) >= 11 is 0. The highest BCUT2D eigenvalue weighted by atomic mass is 32.2. The van der Waals surface area contributed by atoms with Crippen LogP contribution in [0.2, 0.25) is 0 Å². The minimum absolute atomic E-state index is 0.221. The largest absolute Gasteiger partial charge is 0.269 e. The van der Waals surface area contributed by atoms with Crippen molar-refractivity contribution in [2.75, 3.05) is 0 Å². The Morgan fingerprint density at radius 1 is 1.43 bits per heavy atom. The van der Waals surface area contributed by atoms with Crippen molar-refractivity contribution < 1.29 is 12.6 Å². The van der Waals surface area contributed by atoms with Crippen molar-refractivity contribution in [3.05, 3.63) is 0 Å². The van der Waals surface area contributed by atoms with Gasteiger partial charge >= 0.3 is 0 Å². The molecule has 0 aliphatic rings. The summed E-state index contributed by atoms with van der Waals surface area (Å²) in [5.74, 6) is 0. The summed E-state index contributed by atoms with van der Waals surface area (Å²) in [6.07, 6.45) is -0.221. The lowest BCUT2D eigenvalue weighted by Crippen LogP contribution is -1.98. The average molecular weight is 124 g/mol. The molecule has 7 heavy (non-hydrogen) atoms. The van der Waals surface area contributed by atoms with E-state index in [1.54, 1.807) is 13.8 Å². The lowest BCUT2D eigenvalue weighted by Gasteiger charge is -1.94.